The molecule has 0 aliphatic heterocycles. The molecule has 2 saturated carbocycles. The van der Waals surface area contributed by atoms with E-state index in [1.54, 1.807) is 17.6 Å². The van der Waals surface area contributed by atoms with Crippen molar-refractivity contribution in [2.75, 3.05) is 11.9 Å². The van der Waals surface area contributed by atoms with Crippen LogP contribution in [0.2, 0.25) is 0 Å². The first kappa shape index (κ1) is 29.8. The minimum atomic E-state index is -0.996. The molecular formula is C37H39N5O4. The molecule has 2 N–H and O–H groups in total. The van der Waals surface area contributed by atoms with Gasteiger partial charge in [0.05, 0.1) is 23.5 Å². The number of para-hydroxylation sites is 1. The number of rotatable bonds is 8. The van der Waals surface area contributed by atoms with E-state index in [-0.39, 0.29) is 11.8 Å². The van der Waals surface area contributed by atoms with Gasteiger partial charge in [0.2, 0.25) is 5.91 Å². The maximum Gasteiger partial charge on any atom is 0.354 e. The highest BCUT2D eigenvalue weighted by Crippen LogP contribution is 2.38. The van der Waals surface area contributed by atoms with Crippen molar-refractivity contribution < 1.29 is 19.1 Å². The number of hydrogen-bond acceptors (Lipinski definition) is 5. The number of aromatic nitrogens is 3. The number of nitrogens with one attached hydrogen (secondary N) is 2. The number of carbonyl (C=O) groups is 3. The van der Waals surface area contributed by atoms with Crippen LogP contribution in [0, 0.1) is 0 Å². The van der Waals surface area contributed by atoms with E-state index in [2.05, 4.69) is 27.4 Å². The molecule has 2 aliphatic carbocycles. The van der Waals surface area contributed by atoms with Gasteiger partial charge < -0.3 is 19.9 Å². The van der Waals surface area contributed by atoms with Gasteiger partial charge in [-0.25, -0.2) is 9.48 Å². The molecule has 0 radical (unpaired) electrons. The van der Waals surface area contributed by atoms with Gasteiger partial charge in [-0.2, -0.15) is 5.10 Å². The monoisotopic (exact) mass is 617 g/mol. The molecule has 2 fully saturated rings. The minimum absolute atomic E-state index is 0.248. The van der Waals surface area contributed by atoms with Crippen LogP contribution in [-0.4, -0.2) is 44.3 Å². The minimum Gasteiger partial charge on any atom is -0.461 e. The van der Waals surface area contributed by atoms with Crippen molar-refractivity contribution in [1.82, 2.24) is 19.7 Å². The van der Waals surface area contributed by atoms with Gasteiger partial charge >= 0.3 is 5.97 Å². The summed E-state index contributed by atoms with van der Waals surface area (Å²) in [6.45, 7) is 2.07. The Balaban J connectivity index is 1.13. The Hall–Kier alpha value is -4.92. The van der Waals surface area contributed by atoms with Crippen LogP contribution in [0.5, 0.6) is 0 Å². The zero-order valence-corrected chi connectivity index (χ0v) is 26.3. The molecule has 236 valence electrons. The highest BCUT2D eigenvalue weighted by molar-refractivity contribution is 6.06. The summed E-state index contributed by atoms with van der Waals surface area (Å²) >= 11 is 0. The number of nitrogens with zero attached hydrogens (tertiary/aromatic N) is 3. The van der Waals surface area contributed by atoms with Gasteiger partial charge in [0.15, 0.2) is 0 Å². The molecule has 0 spiro atoms. The second-order valence-corrected chi connectivity index (χ2v) is 12.6. The summed E-state index contributed by atoms with van der Waals surface area (Å²) in [5.41, 5.74) is 4.39. The van der Waals surface area contributed by atoms with Crippen molar-refractivity contribution in [3.8, 4) is 5.69 Å². The molecule has 5 aromatic rings. The Labute approximate surface area is 267 Å². The van der Waals surface area contributed by atoms with Crippen LogP contribution in [0.3, 0.4) is 0 Å². The second-order valence-electron chi connectivity index (χ2n) is 12.6. The summed E-state index contributed by atoms with van der Waals surface area (Å²) < 4.78 is 9.02. The molecule has 2 aromatic heterocycles. The molecule has 9 heteroatoms. The third-order valence-electron chi connectivity index (χ3n) is 9.74. The molecule has 3 aromatic carbocycles. The van der Waals surface area contributed by atoms with Gasteiger partial charge in [0.1, 0.15) is 11.2 Å². The first-order valence-electron chi connectivity index (χ1n) is 16.4. The Morgan fingerprint density at radius 1 is 0.935 bits per heavy atom. The lowest BCUT2D eigenvalue weighted by atomic mass is 9.75. The Morgan fingerprint density at radius 2 is 1.72 bits per heavy atom. The molecular weight excluding hydrogens is 578 g/mol. The van der Waals surface area contributed by atoms with E-state index in [1.165, 1.54) is 25.0 Å². The summed E-state index contributed by atoms with van der Waals surface area (Å²) in [6, 6.07) is 23.2. The number of esters is 1. The number of amides is 2. The normalized spacial score (nSPS) is 16.2. The van der Waals surface area contributed by atoms with E-state index in [0.717, 1.165) is 46.8 Å². The van der Waals surface area contributed by atoms with Gasteiger partial charge in [0, 0.05) is 40.5 Å². The van der Waals surface area contributed by atoms with Crippen LogP contribution in [0.1, 0.15) is 90.7 Å². The van der Waals surface area contributed by atoms with Crippen molar-refractivity contribution in [3.05, 3.63) is 89.7 Å². The Bertz CT molecular complexity index is 1950. The molecule has 2 heterocycles. The predicted octanol–water partition coefficient (Wildman–Crippen LogP) is 7.03. The third-order valence-corrected chi connectivity index (χ3v) is 9.74. The largest absolute Gasteiger partial charge is 0.461 e. The summed E-state index contributed by atoms with van der Waals surface area (Å²) in [4.78, 5) is 39.7. The Morgan fingerprint density at radius 3 is 2.43 bits per heavy atom. The molecule has 2 amide bonds. The lowest BCUT2D eigenvalue weighted by Gasteiger charge is -2.40. The van der Waals surface area contributed by atoms with Crippen molar-refractivity contribution in [2.24, 2.45) is 7.05 Å². The quantitative estimate of drug-likeness (QED) is 0.182. The van der Waals surface area contributed by atoms with Gasteiger partial charge in [-0.15, -0.1) is 0 Å². The molecule has 0 atom stereocenters. The standard InChI is InChI=1S/C37H39N5O4/c1-3-46-35(44)32-23-26-21-27(16-18-31(26)41(32)2)38-36(45)37(19-10-20-37)39-34(43)25-15-17-29-30(22-25)40-42(28-13-8-5-9-14-28)33(29)24-11-6-4-7-12-24/h5,8-9,13-18,21-24H,3-4,6-7,10-12,19-20H2,1-2H3,(H,38,45)(H,39,43). The summed E-state index contributed by atoms with van der Waals surface area (Å²) in [5.74, 6) is -0.504. The van der Waals surface area contributed by atoms with Crippen molar-refractivity contribution in [3.63, 3.8) is 0 Å². The van der Waals surface area contributed by atoms with E-state index >= 15 is 0 Å². The molecule has 0 bridgehead atoms. The molecule has 0 unspecified atom stereocenters. The van der Waals surface area contributed by atoms with Crippen molar-refractivity contribution in [2.45, 2.75) is 69.7 Å². The fourth-order valence-corrected chi connectivity index (χ4v) is 7.09. The van der Waals surface area contributed by atoms with E-state index < -0.39 is 11.5 Å². The first-order chi connectivity index (χ1) is 22.4. The maximum atomic E-state index is 13.7. The SMILES string of the molecule is CCOC(=O)c1cc2cc(NC(=O)C3(NC(=O)c4ccc5c(C6CCCCC6)n(-c6ccccc6)nc5c4)CCC3)ccc2n1C. The molecule has 46 heavy (non-hydrogen) atoms. The van der Waals surface area contributed by atoms with Crippen LogP contribution in [0.15, 0.2) is 72.8 Å². The first-order valence-corrected chi connectivity index (χ1v) is 16.4. The fourth-order valence-electron chi connectivity index (χ4n) is 7.09. The summed E-state index contributed by atoms with van der Waals surface area (Å²) in [5, 5.41) is 13.0. The molecule has 0 saturated heterocycles. The predicted molar refractivity (Wildman–Crippen MR) is 178 cm³/mol. The van der Waals surface area contributed by atoms with Crippen LogP contribution in [-0.2, 0) is 16.6 Å². The van der Waals surface area contributed by atoms with E-state index in [9.17, 15) is 14.4 Å². The van der Waals surface area contributed by atoms with Crippen molar-refractivity contribution in [1.29, 1.82) is 0 Å². The fraction of sp³-hybridized carbons (Fsp3) is 0.351. The number of carbonyl (C=O) groups excluding carboxylic acids is 3. The van der Waals surface area contributed by atoms with Crippen molar-refractivity contribution >= 4 is 45.3 Å². The second kappa shape index (κ2) is 12.1. The van der Waals surface area contributed by atoms with E-state index in [0.29, 0.717) is 42.3 Å². The number of anilines is 1. The zero-order valence-electron chi connectivity index (χ0n) is 26.3. The van der Waals surface area contributed by atoms with Crippen LogP contribution < -0.4 is 10.6 Å². The Kier molecular flexibility index (Phi) is 7.84. The number of aryl methyl sites for hydroxylation is 1. The average Bonchev–Trinajstić information content (AvgIpc) is 3.60. The van der Waals surface area contributed by atoms with Gasteiger partial charge in [-0.1, -0.05) is 43.5 Å². The lowest BCUT2D eigenvalue weighted by Crippen LogP contribution is -2.61. The number of benzene rings is 3. The third kappa shape index (κ3) is 5.33. The number of ether oxygens (including phenoxy) is 1. The van der Waals surface area contributed by atoms with Gasteiger partial charge in [0.25, 0.3) is 5.91 Å². The highest BCUT2D eigenvalue weighted by atomic mass is 16.5. The maximum absolute atomic E-state index is 13.7. The summed E-state index contributed by atoms with van der Waals surface area (Å²) in [6.07, 6.45) is 7.93. The summed E-state index contributed by atoms with van der Waals surface area (Å²) in [7, 11) is 1.81. The number of fused-ring (bicyclic) bond motifs is 2. The molecule has 2 aliphatic rings. The molecule has 9 nitrogen and oxygen atoms in total. The van der Waals surface area contributed by atoms with E-state index in [4.69, 9.17) is 9.84 Å². The van der Waals surface area contributed by atoms with Crippen LogP contribution in [0.4, 0.5) is 5.69 Å². The number of hydrogen-bond donors (Lipinski definition) is 2. The lowest BCUT2D eigenvalue weighted by molar-refractivity contribution is -0.125. The zero-order chi connectivity index (χ0) is 31.8. The van der Waals surface area contributed by atoms with Gasteiger partial charge in [-0.3, -0.25) is 9.59 Å². The molecule has 7 rings (SSSR count). The van der Waals surface area contributed by atoms with Crippen LogP contribution in [0.25, 0.3) is 27.5 Å². The van der Waals surface area contributed by atoms with Gasteiger partial charge in [-0.05, 0) is 87.6 Å². The highest BCUT2D eigenvalue weighted by Gasteiger charge is 2.45. The smallest absolute Gasteiger partial charge is 0.354 e. The van der Waals surface area contributed by atoms with E-state index in [1.807, 2.05) is 61.6 Å². The topological polar surface area (TPSA) is 107 Å². The average molecular weight is 618 g/mol. The van der Waals surface area contributed by atoms with Crippen LogP contribution >= 0.6 is 0 Å².